The van der Waals surface area contributed by atoms with E-state index in [1.54, 1.807) is 20.7 Å². The molecule has 0 bridgehead atoms. The molecule has 0 aliphatic rings. The van der Waals surface area contributed by atoms with Crippen molar-refractivity contribution in [3.63, 3.8) is 0 Å². The van der Waals surface area contributed by atoms with Gasteiger partial charge in [0.05, 0.1) is 0 Å². The van der Waals surface area contributed by atoms with Crippen LogP contribution in [0.2, 0.25) is 38.3 Å². The molecule has 0 unspecified atom stereocenters. The Balaban J connectivity index is 2.39. The molecule has 4 rings (SSSR count). The molecule has 4 heteroatoms. The van der Waals surface area contributed by atoms with E-state index < -0.39 is 29.4 Å². The van der Waals surface area contributed by atoms with Gasteiger partial charge in [-0.15, -0.1) is 0 Å². The van der Waals surface area contributed by atoms with Gasteiger partial charge in [-0.1, -0.05) is 194 Å². The van der Waals surface area contributed by atoms with Gasteiger partial charge >= 0.3 is 0 Å². The number of rotatable bonds is 9. The Labute approximate surface area is 222 Å². The summed E-state index contributed by atoms with van der Waals surface area (Å²) in [6.07, 6.45) is 0. The van der Waals surface area contributed by atoms with Gasteiger partial charge in [0.25, 0.3) is 0 Å². The van der Waals surface area contributed by atoms with E-state index in [1.165, 1.54) is 12.1 Å². The van der Waals surface area contributed by atoms with E-state index in [-0.39, 0.29) is 0 Å². The maximum Gasteiger partial charge on any atom is 0.112 e. The zero-order valence-electron chi connectivity index (χ0n) is 23.0. The summed E-state index contributed by atoms with van der Waals surface area (Å²) in [5.41, 5.74) is 0. The Morgan fingerprint density at radius 1 is 0.361 bits per heavy atom. The van der Waals surface area contributed by atoms with Crippen LogP contribution in [0.1, 0.15) is 13.8 Å². The van der Waals surface area contributed by atoms with Crippen molar-refractivity contribution in [2.24, 2.45) is 0 Å². The van der Waals surface area contributed by atoms with E-state index in [0.29, 0.717) is 0 Å². The molecule has 0 heterocycles. The van der Waals surface area contributed by atoms with Crippen molar-refractivity contribution in [3.05, 3.63) is 121 Å². The highest BCUT2D eigenvalue weighted by Gasteiger charge is 2.70. The molecule has 0 amide bonds. The zero-order chi connectivity index (χ0) is 25.9. The Morgan fingerprint density at radius 3 is 0.722 bits per heavy atom. The van der Waals surface area contributed by atoms with Crippen LogP contribution in [0.25, 0.3) is 0 Å². The quantitative estimate of drug-likeness (QED) is 0.222. The van der Waals surface area contributed by atoms with Crippen molar-refractivity contribution in [2.75, 3.05) is 0 Å². The van der Waals surface area contributed by atoms with E-state index in [1.807, 2.05) is 0 Å². The highest BCUT2D eigenvalue weighted by Crippen LogP contribution is 2.38. The molecule has 0 fully saturated rings. The minimum Gasteiger partial charge on any atom is -0.0709 e. The Kier molecular flexibility index (Phi) is 7.91. The van der Waals surface area contributed by atoms with Crippen LogP contribution < -0.4 is 20.7 Å². The molecular weight excluding hydrogens is 497 g/mol. The molecule has 36 heavy (non-hydrogen) atoms. The lowest BCUT2D eigenvalue weighted by atomic mass is 10.4. The summed E-state index contributed by atoms with van der Waals surface area (Å²) in [7, 11) is -8.37. The molecule has 0 saturated heterocycles. The fourth-order valence-electron chi connectivity index (χ4n) is 7.06. The molecular formula is C32H42Si4. The van der Waals surface area contributed by atoms with E-state index in [4.69, 9.17) is 0 Å². The van der Waals surface area contributed by atoms with Gasteiger partial charge in [-0.3, -0.25) is 0 Å². The van der Waals surface area contributed by atoms with Gasteiger partial charge in [0.2, 0.25) is 0 Å². The van der Waals surface area contributed by atoms with Crippen molar-refractivity contribution in [1.82, 2.24) is 0 Å². The lowest BCUT2D eigenvalue weighted by Gasteiger charge is -2.61. The van der Waals surface area contributed by atoms with Crippen molar-refractivity contribution >= 4 is 50.1 Å². The molecule has 4 aromatic carbocycles. The molecule has 4 aromatic rings. The highest BCUT2D eigenvalue weighted by atomic mass is 29.8. The van der Waals surface area contributed by atoms with Crippen LogP contribution in [-0.2, 0) is 0 Å². The first-order chi connectivity index (χ1) is 17.3. The van der Waals surface area contributed by atoms with Crippen LogP contribution >= 0.6 is 0 Å². The fraction of sp³-hybridized carbons (Fsp3) is 0.250. The van der Waals surface area contributed by atoms with Crippen molar-refractivity contribution in [1.29, 1.82) is 0 Å². The largest absolute Gasteiger partial charge is 0.112 e. The van der Waals surface area contributed by atoms with Crippen molar-refractivity contribution in [3.8, 4) is 0 Å². The van der Waals surface area contributed by atoms with E-state index in [2.05, 4.69) is 161 Å². The summed E-state index contributed by atoms with van der Waals surface area (Å²) < 4.78 is 0. The SMILES string of the molecule is CC[Si](C)(C)[Si](c1ccccc1)(c1ccccc1)[Si](c1ccccc1)(c1ccccc1)[Si](C)(C)CC. The molecule has 0 aliphatic heterocycles. The van der Waals surface area contributed by atoms with Crippen LogP contribution in [-0.4, -0.2) is 29.4 Å². The van der Waals surface area contributed by atoms with Gasteiger partial charge in [0.1, 0.15) is 14.2 Å². The second kappa shape index (κ2) is 10.6. The standard InChI is InChI=1S/C32H42Si4/c1-7-33(3,4)35(29-21-13-9-14-22-29,30-23-15-10-16-24-30)36(34(5,6)8-2,31-25-17-11-18-26-31)32-27-19-12-20-28-32/h9-28H,7-8H2,1-6H3. The Morgan fingerprint density at radius 2 is 0.556 bits per heavy atom. The average Bonchev–Trinajstić information content (AvgIpc) is 2.93. The first-order valence-electron chi connectivity index (χ1n) is 13.5. The molecule has 0 N–H and O–H groups in total. The highest BCUT2D eigenvalue weighted by molar-refractivity contribution is 7.94. The van der Waals surface area contributed by atoms with E-state index in [9.17, 15) is 0 Å². The molecule has 0 radical (unpaired) electrons. The number of hydrogen-bond acceptors (Lipinski definition) is 0. The molecule has 0 nitrogen and oxygen atoms in total. The maximum absolute atomic E-state index is 2.74. The minimum atomic E-state index is -2.35. The van der Waals surface area contributed by atoms with Gasteiger partial charge in [0, 0.05) is 15.2 Å². The van der Waals surface area contributed by atoms with Crippen LogP contribution in [0.5, 0.6) is 0 Å². The minimum absolute atomic E-state index is 1.30. The Bertz CT molecular complexity index is 1060. The van der Waals surface area contributed by atoms with Gasteiger partial charge in [-0.25, -0.2) is 0 Å². The third-order valence-electron chi connectivity index (χ3n) is 9.19. The Hall–Kier alpha value is -2.25. The normalized spacial score (nSPS) is 12.9. The molecule has 0 aromatic heterocycles. The predicted molar refractivity (Wildman–Crippen MR) is 172 cm³/mol. The smallest absolute Gasteiger partial charge is 0.0709 e. The second-order valence-corrected chi connectivity index (χ2v) is 45.8. The lowest BCUT2D eigenvalue weighted by Crippen LogP contribution is -2.99. The summed E-state index contributed by atoms with van der Waals surface area (Å²) in [5, 5.41) is 6.68. The first-order valence-corrected chi connectivity index (χ1v) is 26.9. The zero-order valence-corrected chi connectivity index (χ0v) is 27.0. The molecule has 0 spiro atoms. The summed E-state index contributed by atoms with van der Waals surface area (Å²) in [6.45, 7) is 16.0. The van der Waals surface area contributed by atoms with Gasteiger partial charge in [0.15, 0.2) is 0 Å². The first kappa shape index (κ1) is 26.8. The summed E-state index contributed by atoms with van der Waals surface area (Å²) in [6, 6.07) is 50.2. The molecule has 186 valence electrons. The van der Waals surface area contributed by atoms with E-state index in [0.717, 1.165) is 0 Å². The lowest BCUT2D eigenvalue weighted by molar-refractivity contribution is 1.38. The third kappa shape index (κ3) is 3.99. The summed E-state index contributed by atoms with van der Waals surface area (Å²) in [5.74, 6) is 0. The number of benzene rings is 4. The van der Waals surface area contributed by atoms with Gasteiger partial charge in [-0.05, 0) is 0 Å². The van der Waals surface area contributed by atoms with Gasteiger partial charge in [-0.2, -0.15) is 0 Å². The van der Waals surface area contributed by atoms with Crippen molar-refractivity contribution < 1.29 is 0 Å². The number of hydrogen-bond donors (Lipinski definition) is 0. The molecule has 0 atom stereocenters. The van der Waals surface area contributed by atoms with E-state index >= 15 is 0 Å². The summed E-state index contributed by atoms with van der Waals surface area (Å²) >= 11 is 0. The molecule has 0 saturated carbocycles. The predicted octanol–water partition coefficient (Wildman–Crippen LogP) is 6.20. The van der Waals surface area contributed by atoms with Crippen molar-refractivity contribution in [2.45, 2.75) is 52.1 Å². The topological polar surface area (TPSA) is 0 Å². The van der Waals surface area contributed by atoms with Crippen LogP contribution in [0.4, 0.5) is 0 Å². The molecule has 0 aliphatic carbocycles. The van der Waals surface area contributed by atoms with Crippen LogP contribution in [0, 0.1) is 0 Å². The monoisotopic (exact) mass is 538 g/mol. The summed E-state index contributed by atoms with van der Waals surface area (Å²) in [4.78, 5) is 0. The maximum atomic E-state index is 2.74. The average molecular weight is 539 g/mol. The fourth-order valence-corrected chi connectivity index (χ4v) is 91.2. The second-order valence-electron chi connectivity index (χ2n) is 11.4. The third-order valence-corrected chi connectivity index (χ3v) is 68.5. The van der Waals surface area contributed by atoms with Crippen LogP contribution in [0.3, 0.4) is 0 Å². The van der Waals surface area contributed by atoms with Crippen LogP contribution in [0.15, 0.2) is 121 Å². The van der Waals surface area contributed by atoms with Gasteiger partial charge < -0.3 is 0 Å².